The van der Waals surface area contributed by atoms with Gasteiger partial charge < -0.3 is 0 Å². The minimum absolute atomic E-state index is 0.148. The second-order valence-corrected chi connectivity index (χ2v) is 5.18. The standard InChI is InChI=1S/C10H18BrN5/c1-16-9(10(11)14-15-16)8(13-12)7-5-3-2-4-6-7/h7-8,13H,2-6,12H2,1H3. The van der Waals surface area contributed by atoms with Crippen molar-refractivity contribution in [3.8, 4) is 0 Å². The van der Waals surface area contributed by atoms with E-state index in [1.54, 1.807) is 4.68 Å². The third kappa shape index (κ3) is 2.28. The molecule has 3 N–H and O–H groups in total. The molecule has 0 spiro atoms. The van der Waals surface area contributed by atoms with Gasteiger partial charge in [-0.2, -0.15) is 0 Å². The average molecular weight is 288 g/mol. The summed E-state index contributed by atoms with van der Waals surface area (Å²) >= 11 is 3.44. The lowest BCUT2D eigenvalue weighted by Crippen LogP contribution is -2.36. The molecule has 0 amide bonds. The molecule has 1 aliphatic carbocycles. The number of nitrogens with zero attached hydrogens (tertiary/aromatic N) is 3. The Kier molecular flexibility index (Phi) is 3.94. The lowest BCUT2D eigenvalue weighted by atomic mass is 9.83. The Morgan fingerprint density at radius 2 is 2.12 bits per heavy atom. The highest BCUT2D eigenvalue weighted by Crippen LogP contribution is 2.35. The lowest BCUT2D eigenvalue weighted by Gasteiger charge is -2.29. The Morgan fingerprint density at radius 3 is 2.62 bits per heavy atom. The molecule has 90 valence electrons. The largest absolute Gasteiger partial charge is 0.271 e. The molecule has 0 bridgehead atoms. The molecule has 2 rings (SSSR count). The van der Waals surface area contributed by atoms with Gasteiger partial charge in [0.25, 0.3) is 0 Å². The van der Waals surface area contributed by atoms with Gasteiger partial charge in [0.15, 0.2) is 4.60 Å². The summed E-state index contributed by atoms with van der Waals surface area (Å²) in [6.45, 7) is 0. The maximum absolute atomic E-state index is 5.69. The van der Waals surface area contributed by atoms with Crippen LogP contribution < -0.4 is 11.3 Å². The number of hydrogen-bond acceptors (Lipinski definition) is 4. The van der Waals surface area contributed by atoms with Gasteiger partial charge in [0.05, 0.1) is 11.7 Å². The zero-order valence-corrected chi connectivity index (χ0v) is 11.1. The van der Waals surface area contributed by atoms with E-state index in [1.807, 2.05) is 7.05 Å². The van der Waals surface area contributed by atoms with Crippen molar-refractivity contribution in [2.24, 2.45) is 18.8 Å². The van der Waals surface area contributed by atoms with E-state index < -0.39 is 0 Å². The van der Waals surface area contributed by atoms with Crippen LogP contribution in [0.25, 0.3) is 0 Å². The smallest absolute Gasteiger partial charge is 0.153 e. The normalized spacial score (nSPS) is 19.9. The van der Waals surface area contributed by atoms with Gasteiger partial charge in [-0.3, -0.25) is 11.3 Å². The highest BCUT2D eigenvalue weighted by molar-refractivity contribution is 9.10. The summed E-state index contributed by atoms with van der Waals surface area (Å²) in [6.07, 6.45) is 6.40. The zero-order valence-electron chi connectivity index (χ0n) is 9.49. The van der Waals surface area contributed by atoms with Crippen LogP contribution in [0, 0.1) is 5.92 Å². The summed E-state index contributed by atoms with van der Waals surface area (Å²) in [7, 11) is 1.90. The molecule has 1 aromatic heterocycles. The van der Waals surface area contributed by atoms with E-state index in [2.05, 4.69) is 31.7 Å². The minimum Gasteiger partial charge on any atom is -0.271 e. The van der Waals surface area contributed by atoms with E-state index in [0.717, 1.165) is 10.3 Å². The molecule has 16 heavy (non-hydrogen) atoms. The summed E-state index contributed by atoms with van der Waals surface area (Å²) in [5, 5.41) is 8.02. The summed E-state index contributed by atoms with van der Waals surface area (Å²) in [5.41, 5.74) is 3.98. The summed E-state index contributed by atoms with van der Waals surface area (Å²) in [6, 6.07) is 0.148. The monoisotopic (exact) mass is 287 g/mol. The number of hydrazine groups is 1. The molecule has 5 nitrogen and oxygen atoms in total. The molecule has 0 radical (unpaired) electrons. The van der Waals surface area contributed by atoms with Gasteiger partial charge in [-0.25, -0.2) is 4.68 Å². The van der Waals surface area contributed by atoms with Gasteiger partial charge in [-0.1, -0.05) is 24.5 Å². The number of halogens is 1. The number of rotatable bonds is 3. The van der Waals surface area contributed by atoms with Crippen LogP contribution in [0.1, 0.15) is 43.8 Å². The summed E-state index contributed by atoms with van der Waals surface area (Å²) in [5.74, 6) is 6.28. The minimum atomic E-state index is 0.148. The molecule has 0 aliphatic heterocycles. The average Bonchev–Trinajstić information content (AvgIpc) is 2.63. The molecular weight excluding hydrogens is 270 g/mol. The van der Waals surface area contributed by atoms with Crippen LogP contribution in [0.4, 0.5) is 0 Å². The van der Waals surface area contributed by atoms with Gasteiger partial charge >= 0.3 is 0 Å². The zero-order chi connectivity index (χ0) is 11.5. The molecule has 1 aliphatic rings. The van der Waals surface area contributed by atoms with Crippen molar-refractivity contribution in [1.82, 2.24) is 20.4 Å². The topological polar surface area (TPSA) is 68.8 Å². The van der Waals surface area contributed by atoms with Gasteiger partial charge in [-0.15, -0.1) is 5.10 Å². The van der Waals surface area contributed by atoms with Crippen LogP contribution in [0.3, 0.4) is 0 Å². The molecule has 1 saturated carbocycles. The Morgan fingerprint density at radius 1 is 1.44 bits per heavy atom. The number of nitrogens with one attached hydrogen (secondary N) is 1. The number of hydrogen-bond donors (Lipinski definition) is 2. The SMILES string of the molecule is Cn1nnc(Br)c1C(NN)C1CCCCC1. The fourth-order valence-corrected chi connectivity index (χ4v) is 3.15. The third-order valence-corrected chi connectivity index (χ3v) is 3.99. The maximum atomic E-state index is 5.69. The van der Waals surface area contributed by atoms with Crippen LogP contribution in [0.5, 0.6) is 0 Å². The number of aromatic nitrogens is 3. The molecule has 1 heterocycles. The Bertz CT molecular complexity index is 325. The second kappa shape index (κ2) is 5.25. The molecule has 1 aromatic rings. The Labute approximate surface area is 104 Å². The fourth-order valence-electron chi connectivity index (χ4n) is 2.57. The maximum Gasteiger partial charge on any atom is 0.153 e. The summed E-state index contributed by atoms with van der Waals surface area (Å²) < 4.78 is 2.59. The van der Waals surface area contributed by atoms with Crippen molar-refractivity contribution >= 4 is 15.9 Å². The third-order valence-electron chi connectivity index (χ3n) is 3.42. The van der Waals surface area contributed by atoms with E-state index in [1.165, 1.54) is 32.1 Å². The van der Waals surface area contributed by atoms with E-state index >= 15 is 0 Å². The molecule has 0 saturated heterocycles. The predicted octanol–water partition coefficient (Wildman–Crippen LogP) is 1.66. The highest BCUT2D eigenvalue weighted by atomic mass is 79.9. The number of nitrogens with two attached hydrogens (primary N) is 1. The van der Waals surface area contributed by atoms with E-state index in [9.17, 15) is 0 Å². The summed E-state index contributed by atoms with van der Waals surface area (Å²) in [4.78, 5) is 0. The van der Waals surface area contributed by atoms with Crippen LogP contribution in [0.15, 0.2) is 4.60 Å². The van der Waals surface area contributed by atoms with Crippen LogP contribution in [-0.2, 0) is 7.05 Å². The van der Waals surface area contributed by atoms with E-state index in [-0.39, 0.29) is 6.04 Å². The molecule has 1 fully saturated rings. The highest BCUT2D eigenvalue weighted by Gasteiger charge is 2.28. The van der Waals surface area contributed by atoms with Crippen molar-refractivity contribution in [2.45, 2.75) is 38.1 Å². The second-order valence-electron chi connectivity index (χ2n) is 4.43. The van der Waals surface area contributed by atoms with E-state index in [4.69, 9.17) is 5.84 Å². The molecule has 1 unspecified atom stereocenters. The van der Waals surface area contributed by atoms with Crippen molar-refractivity contribution in [2.75, 3.05) is 0 Å². The van der Waals surface area contributed by atoms with Crippen molar-refractivity contribution in [1.29, 1.82) is 0 Å². The first-order valence-electron chi connectivity index (χ1n) is 5.75. The van der Waals surface area contributed by atoms with E-state index in [0.29, 0.717) is 5.92 Å². The quantitative estimate of drug-likeness (QED) is 0.655. The van der Waals surface area contributed by atoms with Gasteiger partial charge in [0.1, 0.15) is 0 Å². The van der Waals surface area contributed by atoms with Crippen LogP contribution in [0.2, 0.25) is 0 Å². The molecule has 6 heteroatoms. The van der Waals surface area contributed by atoms with Crippen LogP contribution >= 0.6 is 15.9 Å². The van der Waals surface area contributed by atoms with Crippen molar-refractivity contribution in [3.05, 3.63) is 10.3 Å². The van der Waals surface area contributed by atoms with Gasteiger partial charge in [-0.05, 0) is 34.7 Å². The number of aryl methyl sites for hydroxylation is 1. The Hall–Kier alpha value is -0.460. The first kappa shape index (κ1) is 12.0. The Balaban J connectivity index is 2.21. The first-order valence-corrected chi connectivity index (χ1v) is 6.54. The molecular formula is C10H18BrN5. The molecule has 0 aromatic carbocycles. The fraction of sp³-hybridized carbons (Fsp3) is 0.800. The van der Waals surface area contributed by atoms with Crippen molar-refractivity contribution < 1.29 is 0 Å². The lowest BCUT2D eigenvalue weighted by molar-refractivity contribution is 0.264. The van der Waals surface area contributed by atoms with Gasteiger partial charge in [0, 0.05) is 7.05 Å². The predicted molar refractivity (Wildman–Crippen MR) is 65.3 cm³/mol. The van der Waals surface area contributed by atoms with Crippen molar-refractivity contribution in [3.63, 3.8) is 0 Å². The van der Waals surface area contributed by atoms with Gasteiger partial charge in [0.2, 0.25) is 0 Å². The molecule has 1 atom stereocenters. The van der Waals surface area contributed by atoms with Crippen LogP contribution in [-0.4, -0.2) is 15.0 Å². The first-order chi connectivity index (χ1) is 7.74.